The molecule has 0 amide bonds. The van der Waals surface area contributed by atoms with E-state index in [2.05, 4.69) is 120 Å². The second-order valence-electron chi connectivity index (χ2n) is 30.3. The van der Waals surface area contributed by atoms with E-state index in [1.165, 1.54) is 12.3 Å². The standard InChI is InChI=1S/C81H112Br4N16O30S/c1-49-41-62(104)127-57-42-51(5-6-52(49)57)87-7-8-88-76-93-77(89-9-18-113-20-22-115-24-26-117-27-25-116-23-21-114-19-10-92-99-86)95-79(94-76)124-17-3-13-101(14-4-40-132(110,111)112)15-11-100(12-16-101)78-96-80(125-38-34-120-30-28-118-32-36-122-72-53(82)43-55-63(65(72)84)58(45-90-55)128-74-70(108)67(105)50(2)60(47-102)130-74)98-81(97-78)126-39-35-121-31-29-119-33-37-123-73-54(83)44-56-64(66(73)85)59(46-91-56)129-75-71(109)69(107)68(106)61(48-103)131-75/h5-6,41-46,50,60-61,67-71,74-75,90-91,102-103,105-109H,3-4,7-40,47-48H2,1-2H3,(H3-,87,88,89,93,94,95,104,110,111,112)/p+1/t50-,60-,61-,67+,68-,69+,70-,71-,74-,75-/m1/s1. The molecule has 11 rings (SSSR count). The SMILES string of the molecule is Cc1cc(=O)oc2cc(NCCNc3nc(NCCOCCOCCOCCOCCOCCN=[N+]=[N-])nc(OCCC[N+]4(CCCS(=O)(=O)O)CCN(c5nc(OCCOCCOCCOc6c(Br)cc7[nH]cc(O[C@@H]8O[C@H](CO)[C@@H](O)[C@H](O)[C@H]8O)c7c6Br)nc(OCCOCCOCCOc6c(Br)cc7[nH]cc(O[C@@H]8O[C@H](CO)[C@@H](C)[C@H](O)[C@H]8O)c7c6Br)n5)CC4)n3)ccc12. The van der Waals surface area contributed by atoms with Crippen molar-refractivity contribution in [2.45, 2.75) is 82.0 Å². The molecule has 8 heterocycles. The van der Waals surface area contributed by atoms with Crippen LogP contribution < -0.4 is 59.6 Å². The number of piperazine rings is 1. The van der Waals surface area contributed by atoms with E-state index >= 15 is 0 Å². The van der Waals surface area contributed by atoms with E-state index in [-0.39, 0.29) is 154 Å². The number of aliphatic hydroxyl groups is 7. The summed E-state index contributed by atoms with van der Waals surface area (Å²) in [4.78, 5) is 50.7. The van der Waals surface area contributed by atoms with Gasteiger partial charge in [0, 0.05) is 85.5 Å². The number of nitrogens with zero attached hydrogens (tertiary/aromatic N) is 11. The van der Waals surface area contributed by atoms with E-state index in [0.29, 0.717) is 192 Å². The summed E-state index contributed by atoms with van der Waals surface area (Å²) < 4.78 is 148. The summed E-state index contributed by atoms with van der Waals surface area (Å²) in [7, 11) is -4.30. The topological polar surface area (TPSA) is 589 Å². The molecule has 3 fully saturated rings. The maximum absolute atomic E-state index is 12.2. The lowest BCUT2D eigenvalue weighted by Crippen LogP contribution is -2.61. The van der Waals surface area contributed by atoms with Crippen molar-refractivity contribution in [3.8, 4) is 41.0 Å². The first kappa shape index (κ1) is 105. The number of benzene rings is 3. The van der Waals surface area contributed by atoms with Crippen LogP contribution in [-0.4, -0.2) is 385 Å². The number of hydrogen-bond acceptors (Lipinski definition) is 40. The van der Waals surface area contributed by atoms with Gasteiger partial charge in [0.1, 0.15) is 85.5 Å². The van der Waals surface area contributed by atoms with Crippen LogP contribution in [0.1, 0.15) is 25.3 Å². The first-order valence-electron chi connectivity index (χ1n) is 42.8. The highest BCUT2D eigenvalue weighted by atomic mass is 79.9. The largest absolute Gasteiger partial charge is 0.489 e. The number of quaternary nitrogens is 1. The molecule has 0 saturated carbocycles. The highest BCUT2D eigenvalue weighted by Crippen LogP contribution is 2.46. The van der Waals surface area contributed by atoms with E-state index in [1.54, 1.807) is 31.3 Å². The molecule has 51 heteroatoms. The summed E-state index contributed by atoms with van der Waals surface area (Å²) in [6.07, 6.45) is -8.26. The van der Waals surface area contributed by atoms with Crippen LogP contribution in [0, 0.1) is 12.8 Å². The Bertz CT molecular complexity index is 4940. The number of aryl methyl sites for hydroxylation is 1. The molecule has 3 aliphatic rings. The first-order valence-corrected chi connectivity index (χ1v) is 47.6. The number of azide groups is 1. The highest BCUT2D eigenvalue weighted by molar-refractivity contribution is 9.11. The Kier molecular flexibility index (Phi) is 42.9. The van der Waals surface area contributed by atoms with E-state index in [4.69, 9.17) is 105 Å². The van der Waals surface area contributed by atoms with Crippen LogP contribution in [0.2, 0.25) is 0 Å². The smallest absolute Gasteiger partial charge is 0.336 e. The van der Waals surface area contributed by atoms with Crippen molar-refractivity contribution in [1.82, 2.24) is 39.9 Å². The number of aromatic nitrogens is 8. The van der Waals surface area contributed by atoms with Crippen molar-refractivity contribution >= 4 is 130 Å². The zero-order valence-corrected chi connectivity index (χ0v) is 79.8. The third-order valence-electron chi connectivity index (χ3n) is 21.1. The predicted molar refractivity (Wildman–Crippen MR) is 488 cm³/mol. The van der Waals surface area contributed by atoms with E-state index in [0.717, 1.165) is 16.6 Å². The summed E-state index contributed by atoms with van der Waals surface area (Å²) in [6.45, 7) is 11.8. The van der Waals surface area contributed by atoms with Crippen LogP contribution in [0.25, 0.3) is 43.2 Å². The predicted octanol–water partition coefficient (Wildman–Crippen LogP) is 4.81. The average Bonchev–Trinajstić information content (AvgIpc) is 1.62. The van der Waals surface area contributed by atoms with E-state index in [1.807, 2.05) is 24.0 Å². The highest BCUT2D eigenvalue weighted by Gasteiger charge is 2.46. The molecule has 132 heavy (non-hydrogen) atoms. The Morgan fingerprint density at radius 1 is 0.545 bits per heavy atom. The fraction of sp³-hybridized carbons (Fsp3) is 0.617. The molecule has 8 aromatic rings. The van der Waals surface area contributed by atoms with E-state index < -0.39 is 89.3 Å². The molecule has 0 radical (unpaired) electrons. The Hall–Kier alpha value is -7.85. The number of aliphatic hydroxyl groups excluding tert-OH is 7. The van der Waals surface area contributed by atoms with Crippen molar-refractivity contribution in [1.29, 1.82) is 0 Å². The van der Waals surface area contributed by atoms with Gasteiger partial charge in [0.25, 0.3) is 10.1 Å². The number of fused-ring (bicyclic) bond motifs is 3. The fourth-order valence-corrected chi connectivity index (χ4v) is 17.8. The molecule has 13 N–H and O–H groups in total. The van der Waals surface area contributed by atoms with Crippen LogP contribution in [0.4, 0.5) is 23.5 Å². The number of hydrogen-bond donors (Lipinski definition) is 13. The number of halogens is 4. The molecule has 3 aromatic carbocycles. The quantitative estimate of drug-likeness (QED) is 0.00462. The third-order valence-corrected chi connectivity index (χ3v) is 24.6. The molecule has 46 nitrogen and oxygen atoms in total. The molecule has 10 atom stereocenters. The molecule has 3 aliphatic heterocycles. The Labute approximate surface area is 792 Å². The van der Waals surface area contributed by atoms with Crippen molar-refractivity contribution in [2.75, 3.05) is 257 Å². The van der Waals surface area contributed by atoms with Gasteiger partial charge in [-0.25, -0.2) is 4.79 Å². The third kappa shape index (κ3) is 31.9. The zero-order valence-electron chi connectivity index (χ0n) is 72.7. The molecular formula is C81H113Br4N16O30S+. The minimum absolute atomic E-state index is 0.00924. The minimum atomic E-state index is -4.30. The van der Waals surface area contributed by atoms with Crippen molar-refractivity contribution in [2.24, 2.45) is 11.0 Å². The van der Waals surface area contributed by atoms with E-state index in [9.17, 15) is 53.5 Å². The van der Waals surface area contributed by atoms with Crippen molar-refractivity contribution < 1.29 is 143 Å². The lowest BCUT2D eigenvalue weighted by Gasteiger charge is -2.45. The summed E-state index contributed by atoms with van der Waals surface area (Å²) in [6, 6.07) is 10.5. The lowest BCUT2D eigenvalue weighted by atomic mass is 9.91. The van der Waals surface area contributed by atoms with Gasteiger partial charge in [-0.2, -0.15) is 33.3 Å². The number of rotatable bonds is 62. The number of anilines is 4. The van der Waals surface area contributed by atoms with Crippen LogP contribution in [-0.2, 0) is 62.2 Å². The number of nitrogens with one attached hydrogen (secondary N) is 5. The van der Waals surface area contributed by atoms with Gasteiger partial charge in [0.2, 0.25) is 30.4 Å². The van der Waals surface area contributed by atoms with Crippen LogP contribution >= 0.6 is 63.7 Å². The maximum atomic E-state index is 12.2. The molecule has 0 unspecified atom stereocenters. The Morgan fingerprint density at radius 2 is 1.01 bits per heavy atom. The zero-order chi connectivity index (χ0) is 93.8. The van der Waals surface area contributed by atoms with Gasteiger partial charge < -0.3 is 161 Å². The second-order valence-corrected chi connectivity index (χ2v) is 35.1. The molecule has 0 spiro atoms. The lowest BCUT2D eigenvalue weighted by molar-refractivity contribution is -0.928. The molecule has 3 saturated heterocycles. The summed E-state index contributed by atoms with van der Waals surface area (Å²) in [5.41, 5.74) is 11.2. The molecule has 0 bridgehead atoms. The van der Waals surface area contributed by atoms with Gasteiger partial charge in [0.05, 0.1) is 236 Å². The number of ether oxygens (including phenoxy) is 18. The molecule has 0 aliphatic carbocycles. The molecule has 5 aromatic heterocycles. The minimum Gasteiger partial charge on any atom is -0.489 e. The second kappa shape index (κ2) is 54.2. The van der Waals surface area contributed by atoms with Crippen molar-refractivity contribution in [3.63, 3.8) is 0 Å². The number of H-pyrrole nitrogens is 2. The average molecular weight is 2140 g/mol. The van der Waals surface area contributed by atoms with Crippen LogP contribution in [0.3, 0.4) is 0 Å². The molecule has 730 valence electrons. The van der Waals surface area contributed by atoms with Gasteiger partial charge in [0.15, 0.2) is 0 Å². The van der Waals surface area contributed by atoms with Crippen LogP contribution in [0.5, 0.6) is 41.0 Å². The first-order chi connectivity index (χ1) is 63.9. The Balaban J connectivity index is 0.669. The summed E-state index contributed by atoms with van der Waals surface area (Å²) >= 11 is 14.4. The fourth-order valence-electron chi connectivity index (χ4n) is 14.2. The van der Waals surface area contributed by atoms with Crippen LogP contribution in [0.15, 0.2) is 81.0 Å². The van der Waals surface area contributed by atoms with Gasteiger partial charge in [-0.3, -0.25) is 4.55 Å². The Morgan fingerprint density at radius 3 is 1.53 bits per heavy atom. The van der Waals surface area contributed by atoms with Gasteiger partial charge in [-0.1, -0.05) is 12.0 Å². The van der Waals surface area contributed by atoms with Gasteiger partial charge >= 0.3 is 23.7 Å². The normalized spacial score (nSPS) is 19.8. The van der Waals surface area contributed by atoms with Gasteiger partial charge in [-0.05, 0) is 106 Å². The van der Waals surface area contributed by atoms with Gasteiger partial charge in [-0.15, -0.1) is 4.98 Å². The monoisotopic (exact) mass is 2140 g/mol. The summed E-state index contributed by atoms with van der Waals surface area (Å²) in [5.74, 6) is 1.09. The van der Waals surface area contributed by atoms with Crippen molar-refractivity contribution in [3.05, 3.63) is 93.1 Å². The summed E-state index contributed by atoms with van der Waals surface area (Å²) in [5, 5.41) is 87.4. The number of aromatic amines is 2. The molecular weight excluding hydrogens is 2030 g/mol. The maximum Gasteiger partial charge on any atom is 0.336 e.